The zero-order valence-electron chi connectivity index (χ0n) is 19.0. The number of hydrogen-bond donors (Lipinski definition) is 1. The van der Waals surface area contributed by atoms with E-state index in [0.29, 0.717) is 0 Å². The summed E-state index contributed by atoms with van der Waals surface area (Å²) < 4.78 is 71.6. The van der Waals surface area contributed by atoms with Crippen LogP contribution in [0.4, 0.5) is 0 Å². The van der Waals surface area contributed by atoms with Crippen LogP contribution < -0.4 is 18.1 Å². The van der Waals surface area contributed by atoms with Crippen molar-refractivity contribution >= 4 is 23.5 Å². The highest BCUT2D eigenvalue weighted by molar-refractivity contribution is 7.68. The molecule has 4 aromatic rings. The SMILES string of the molecule is O=P(O)(Oc1ccccc1)OP(=O)(Oc1ccccc1)OP(=O)(Oc1ccccc1)Oc1ccccc1. The number of benzene rings is 4. The molecule has 192 valence electrons. The molecule has 0 fully saturated rings. The number of para-hydroxylation sites is 4. The molecule has 4 aromatic carbocycles. The summed E-state index contributed by atoms with van der Waals surface area (Å²) in [5.74, 6) is -0.0955. The van der Waals surface area contributed by atoms with Gasteiger partial charge in [0.25, 0.3) is 0 Å². The third-order valence-electron chi connectivity index (χ3n) is 4.25. The van der Waals surface area contributed by atoms with Gasteiger partial charge in [-0.25, -0.2) is 13.7 Å². The van der Waals surface area contributed by atoms with Crippen molar-refractivity contribution in [3.05, 3.63) is 121 Å². The van der Waals surface area contributed by atoms with Crippen LogP contribution in [0.15, 0.2) is 121 Å². The molecule has 0 aliphatic carbocycles. The lowest BCUT2D eigenvalue weighted by molar-refractivity contribution is 0.216. The average molecular weight is 562 g/mol. The fraction of sp³-hybridized carbons (Fsp3) is 0. The predicted octanol–water partition coefficient (Wildman–Crippen LogP) is 7.65. The quantitative estimate of drug-likeness (QED) is 0.172. The lowest BCUT2D eigenvalue weighted by Gasteiger charge is -2.24. The van der Waals surface area contributed by atoms with E-state index in [2.05, 4.69) is 0 Å². The van der Waals surface area contributed by atoms with Crippen molar-refractivity contribution in [2.75, 3.05) is 0 Å². The molecular weight excluding hydrogens is 541 g/mol. The van der Waals surface area contributed by atoms with E-state index in [1.807, 2.05) is 0 Å². The van der Waals surface area contributed by atoms with Gasteiger partial charge in [-0.1, -0.05) is 72.8 Å². The zero-order chi connectivity index (χ0) is 26.2. The number of hydrogen-bond acceptors (Lipinski definition) is 9. The summed E-state index contributed by atoms with van der Waals surface area (Å²) in [5.41, 5.74) is 0. The maximum Gasteiger partial charge on any atom is 0.597 e. The van der Waals surface area contributed by atoms with Crippen molar-refractivity contribution < 1.29 is 45.3 Å². The molecule has 0 radical (unpaired) electrons. The highest BCUT2D eigenvalue weighted by atomic mass is 31.3. The maximum absolute atomic E-state index is 13.8. The Morgan fingerprint density at radius 2 is 0.703 bits per heavy atom. The van der Waals surface area contributed by atoms with Crippen molar-refractivity contribution in [3.8, 4) is 23.0 Å². The summed E-state index contributed by atoms with van der Waals surface area (Å²) in [6.45, 7) is 0. The molecule has 1 N–H and O–H groups in total. The summed E-state index contributed by atoms with van der Waals surface area (Å²) in [4.78, 5) is 10.4. The first-order valence-corrected chi connectivity index (χ1v) is 15.1. The molecule has 0 bridgehead atoms. The standard InChI is InChI=1S/C24H21O10P3/c25-35(26,29-21-13-5-1-6-14-21)33-37(28,32-24-19-11-4-12-20-24)34-36(27,30-22-15-7-2-8-16-22)31-23-17-9-3-10-18-23/h1-20H,(H,25,26). The van der Waals surface area contributed by atoms with Crippen molar-refractivity contribution in [2.24, 2.45) is 0 Å². The monoisotopic (exact) mass is 562 g/mol. The molecule has 0 aliphatic heterocycles. The van der Waals surface area contributed by atoms with Gasteiger partial charge in [0.15, 0.2) is 0 Å². The largest absolute Gasteiger partial charge is 0.597 e. The topological polar surface area (TPSA) is 127 Å². The minimum Gasteiger partial charge on any atom is -0.404 e. The van der Waals surface area contributed by atoms with Gasteiger partial charge in [-0.15, -0.1) is 0 Å². The molecule has 2 unspecified atom stereocenters. The molecule has 10 nitrogen and oxygen atoms in total. The van der Waals surface area contributed by atoms with Gasteiger partial charge in [0.1, 0.15) is 23.0 Å². The molecule has 0 saturated carbocycles. The normalized spacial score (nSPS) is 14.5. The Kier molecular flexibility index (Phi) is 8.52. The predicted molar refractivity (Wildman–Crippen MR) is 135 cm³/mol. The molecule has 0 aromatic heterocycles. The minimum absolute atomic E-state index is 0.0285. The number of phosphoric acid groups is 3. The summed E-state index contributed by atoms with van der Waals surface area (Å²) in [7, 11) is -15.3. The lowest BCUT2D eigenvalue weighted by atomic mass is 10.3. The van der Waals surface area contributed by atoms with E-state index >= 15 is 0 Å². The van der Waals surface area contributed by atoms with E-state index < -0.39 is 23.5 Å². The van der Waals surface area contributed by atoms with E-state index in [-0.39, 0.29) is 23.0 Å². The Hall–Kier alpha value is -3.35. The zero-order valence-corrected chi connectivity index (χ0v) is 21.7. The van der Waals surface area contributed by atoms with Gasteiger partial charge in [-0.3, -0.25) is 4.89 Å². The number of phosphoric ester groups is 2. The van der Waals surface area contributed by atoms with Gasteiger partial charge in [0.2, 0.25) is 0 Å². The van der Waals surface area contributed by atoms with Crippen LogP contribution >= 0.6 is 23.5 Å². The molecule has 2 atom stereocenters. The summed E-state index contributed by atoms with van der Waals surface area (Å²) in [5, 5.41) is 0. The Bertz CT molecular complexity index is 1380. The van der Waals surface area contributed by atoms with Crippen molar-refractivity contribution in [2.45, 2.75) is 0 Å². The van der Waals surface area contributed by atoms with Gasteiger partial charge >= 0.3 is 23.5 Å². The van der Waals surface area contributed by atoms with Crippen LogP contribution in [0.3, 0.4) is 0 Å². The summed E-state index contributed by atoms with van der Waals surface area (Å²) in [6.07, 6.45) is 0. The molecule has 0 spiro atoms. The highest BCUT2D eigenvalue weighted by Crippen LogP contribution is 2.70. The van der Waals surface area contributed by atoms with Crippen molar-refractivity contribution in [3.63, 3.8) is 0 Å². The van der Waals surface area contributed by atoms with E-state index in [9.17, 15) is 18.6 Å². The van der Waals surface area contributed by atoms with Crippen molar-refractivity contribution in [1.29, 1.82) is 0 Å². The fourth-order valence-corrected chi connectivity index (χ4v) is 7.42. The van der Waals surface area contributed by atoms with Crippen LogP contribution in [0.1, 0.15) is 0 Å². The molecule has 0 amide bonds. The lowest BCUT2D eigenvalue weighted by Crippen LogP contribution is -2.09. The Morgan fingerprint density at radius 3 is 1.05 bits per heavy atom. The third-order valence-corrected chi connectivity index (χ3v) is 9.22. The molecule has 0 heterocycles. The smallest absolute Gasteiger partial charge is 0.404 e. The van der Waals surface area contributed by atoms with E-state index in [1.165, 1.54) is 48.5 Å². The van der Waals surface area contributed by atoms with Crippen molar-refractivity contribution in [1.82, 2.24) is 0 Å². The van der Waals surface area contributed by atoms with Gasteiger partial charge in [0, 0.05) is 0 Å². The van der Waals surface area contributed by atoms with Crippen LogP contribution in [0.2, 0.25) is 0 Å². The average Bonchev–Trinajstić information content (AvgIpc) is 2.85. The van der Waals surface area contributed by atoms with E-state index in [4.69, 9.17) is 26.7 Å². The molecule has 37 heavy (non-hydrogen) atoms. The van der Waals surface area contributed by atoms with Crippen LogP contribution in [0.25, 0.3) is 0 Å². The molecule has 0 saturated heterocycles. The van der Waals surface area contributed by atoms with Gasteiger partial charge in [0.05, 0.1) is 0 Å². The highest BCUT2D eigenvalue weighted by Gasteiger charge is 2.50. The molecule has 0 aliphatic rings. The van der Waals surface area contributed by atoms with Gasteiger partial charge in [-0.2, -0.15) is 8.62 Å². The van der Waals surface area contributed by atoms with Gasteiger partial charge in [-0.05, 0) is 48.5 Å². The minimum atomic E-state index is -5.25. The Labute approximate surface area is 213 Å². The second-order valence-corrected chi connectivity index (χ2v) is 11.9. The van der Waals surface area contributed by atoms with E-state index in [1.54, 1.807) is 72.8 Å². The summed E-state index contributed by atoms with van der Waals surface area (Å²) in [6, 6.07) is 30.5. The Balaban J connectivity index is 1.68. The fourth-order valence-electron chi connectivity index (χ4n) is 2.81. The molecule has 4 rings (SSSR count). The summed E-state index contributed by atoms with van der Waals surface area (Å²) >= 11 is 0. The van der Waals surface area contributed by atoms with Crippen LogP contribution in [0.5, 0.6) is 23.0 Å². The van der Waals surface area contributed by atoms with Crippen LogP contribution in [0, 0.1) is 0 Å². The van der Waals surface area contributed by atoms with Gasteiger partial charge < -0.3 is 18.1 Å². The molecular formula is C24H21O10P3. The first-order chi connectivity index (χ1) is 17.7. The first-order valence-electron chi connectivity index (χ1n) is 10.7. The molecule has 13 heteroatoms. The number of rotatable bonds is 12. The van der Waals surface area contributed by atoms with E-state index in [0.717, 1.165) is 0 Å². The maximum atomic E-state index is 13.8. The first kappa shape index (κ1) is 26.7. The second kappa shape index (κ2) is 11.8. The van der Waals surface area contributed by atoms with Crippen LogP contribution in [-0.4, -0.2) is 4.89 Å². The second-order valence-electron chi connectivity index (χ2n) is 7.14. The van der Waals surface area contributed by atoms with Crippen LogP contribution in [-0.2, 0) is 22.3 Å². The Morgan fingerprint density at radius 1 is 0.405 bits per heavy atom. The third kappa shape index (κ3) is 8.34.